The van der Waals surface area contributed by atoms with Crippen LogP contribution in [0.1, 0.15) is 11.3 Å². The third-order valence-electron chi connectivity index (χ3n) is 3.10. The minimum absolute atomic E-state index is 0.0999. The predicted molar refractivity (Wildman–Crippen MR) is 75.6 cm³/mol. The standard InChI is InChI=1S/C16H14N2O/c19-16-17-12-15(11-13-7-3-1-4-8-13)18(16)14-9-5-2-6-10-14/h1-10,12H,11H2,(H,17,19). The van der Waals surface area contributed by atoms with Crippen molar-refractivity contribution in [1.82, 2.24) is 9.55 Å². The van der Waals surface area contributed by atoms with Crippen molar-refractivity contribution in [3.63, 3.8) is 0 Å². The molecule has 3 heteroatoms. The lowest BCUT2D eigenvalue weighted by Gasteiger charge is -2.07. The lowest BCUT2D eigenvalue weighted by atomic mass is 10.1. The van der Waals surface area contributed by atoms with Crippen molar-refractivity contribution in [2.24, 2.45) is 0 Å². The summed E-state index contributed by atoms with van der Waals surface area (Å²) in [5.41, 5.74) is 2.94. The number of aromatic amines is 1. The number of H-pyrrole nitrogens is 1. The molecule has 0 unspecified atom stereocenters. The Morgan fingerprint density at radius 3 is 2.21 bits per heavy atom. The third-order valence-corrected chi connectivity index (χ3v) is 3.10. The summed E-state index contributed by atoms with van der Waals surface area (Å²) in [5, 5.41) is 0. The van der Waals surface area contributed by atoms with Crippen LogP contribution < -0.4 is 5.69 Å². The summed E-state index contributed by atoms with van der Waals surface area (Å²) in [6, 6.07) is 19.8. The van der Waals surface area contributed by atoms with Crippen LogP contribution in [0.5, 0.6) is 0 Å². The van der Waals surface area contributed by atoms with Crippen molar-refractivity contribution >= 4 is 0 Å². The normalized spacial score (nSPS) is 10.5. The average Bonchev–Trinajstić information content (AvgIpc) is 2.82. The van der Waals surface area contributed by atoms with Crippen LogP contribution in [-0.4, -0.2) is 9.55 Å². The van der Waals surface area contributed by atoms with Crippen LogP contribution in [0.4, 0.5) is 0 Å². The second-order valence-electron chi connectivity index (χ2n) is 4.42. The lowest BCUT2D eigenvalue weighted by Crippen LogP contribution is -2.17. The minimum Gasteiger partial charge on any atom is -0.312 e. The van der Waals surface area contributed by atoms with Crippen LogP contribution in [0.3, 0.4) is 0 Å². The van der Waals surface area contributed by atoms with E-state index in [-0.39, 0.29) is 5.69 Å². The number of hydrogen-bond donors (Lipinski definition) is 1. The fraction of sp³-hybridized carbons (Fsp3) is 0.0625. The maximum Gasteiger partial charge on any atom is 0.330 e. The Balaban J connectivity index is 2.03. The number of aromatic nitrogens is 2. The molecule has 0 aliphatic heterocycles. The Bertz CT molecular complexity index is 711. The summed E-state index contributed by atoms with van der Waals surface area (Å²) in [6.07, 6.45) is 2.51. The summed E-state index contributed by atoms with van der Waals surface area (Å²) < 4.78 is 1.72. The largest absolute Gasteiger partial charge is 0.330 e. The smallest absolute Gasteiger partial charge is 0.312 e. The van der Waals surface area contributed by atoms with Gasteiger partial charge < -0.3 is 4.98 Å². The van der Waals surface area contributed by atoms with E-state index in [0.717, 1.165) is 17.8 Å². The zero-order valence-corrected chi connectivity index (χ0v) is 10.4. The number of hydrogen-bond acceptors (Lipinski definition) is 1. The molecule has 2 aromatic carbocycles. The van der Waals surface area contributed by atoms with Gasteiger partial charge in [-0.3, -0.25) is 4.57 Å². The van der Waals surface area contributed by atoms with Gasteiger partial charge in [0.2, 0.25) is 0 Å². The summed E-state index contributed by atoms with van der Waals surface area (Å²) in [4.78, 5) is 14.7. The molecule has 1 heterocycles. The van der Waals surface area contributed by atoms with Gasteiger partial charge in [0.05, 0.1) is 5.69 Å². The number of imidazole rings is 1. The molecule has 0 aliphatic rings. The highest BCUT2D eigenvalue weighted by molar-refractivity contribution is 5.34. The summed E-state index contributed by atoms with van der Waals surface area (Å²) in [6.45, 7) is 0. The maximum absolute atomic E-state index is 11.9. The van der Waals surface area contributed by atoms with Gasteiger partial charge >= 0.3 is 5.69 Å². The molecule has 0 fully saturated rings. The van der Waals surface area contributed by atoms with Gasteiger partial charge in [0.1, 0.15) is 0 Å². The van der Waals surface area contributed by atoms with E-state index in [1.165, 1.54) is 5.56 Å². The van der Waals surface area contributed by atoms with Gasteiger partial charge in [0, 0.05) is 18.3 Å². The van der Waals surface area contributed by atoms with E-state index < -0.39 is 0 Å². The first-order chi connectivity index (χ1) is 9.34. The second kappa shape index (κ2) is 4.98. The van der Waals surface area contributed by atoms with Crippen molar-refractivity contribution in [2.75, 3.05) is 0 Å². The monoisotopic (exact) mass is 250 g/mol. The van der Waals surface area contributed by atoms with E-state index in [2.05, 4.69) is 17.1 Å². The first kappa shape index (κ1) is 11.5. The van der Waals surface area contributed by atoms with Crippen LogP contribution in [0.2, 0.25) is 0 Å². The number of nitrogens with one attached hydrogen (secondary N) is 1. The van der Waals surface area contributed by atoms with E-state index in [1.807, 2.05) is 48.5 Å². The van der Waals surface area contributed by atoms with Gasteiger partial charge in [-0.15, -0.1) is 0 Å². The Hall–Kier alpha value is -2.55. The number of para-hydroxylation sites is 1. The summed E-state index contributed by atoms with van der Waals surface area (Å²) >= 11 is 0. The SMILES string of the molecule is O=c1[nH]cc(Cc2ccccc2)n1-c1ccccc1. The molecule has 3 aromatic rings. The second-order valence-corrected chi connectivity index (χ2v) is 4.42. The van der Waals surface area contributed by atoms with Gasteiger partial charge in [-0.25, -0.2) is 4.79 Å². The Morgan fingerprint density at radius 2 is 1.53 bits per heavy atom. The average molecular weight is 250 g/mol. The fourth-order valence-corrected chi connectivity index (χ4v) is 2.20. The highest BCUT2D eigenvalue weighted by Crippen LogP contribution is 2.12. The number of nitrogens with zero attached hydrogens (tertiary/aromatic N) is 1. The van der Waals surface area contributed by atoms with Gasteiger partial charge in [-0.05, 0) is 17.7 Å². The summed E-state index contributed by atoms with van der Waals surface area (Å²) in [5.74, 6) is 0. The molecule has 0 saturated carbocycles. The van der Waals surface area contributed by atoms with E-state index >= 15 is 0 Å². The van der Waals surface area contributed by atoms with E-state index in [0.29, 0.717) is 0 Å². The Labute approximate surface area is 111 Å². The molecule has 1 aromatic heterocycles. The van der Waals surface area contributed by atoms with Crippen molar-refractivity contribution < 1.29 is 0 Å². The molecule has 3 rings (SSSR count). The van der Waals surface area contributed by atoms with Crippen LogP contribution >= 0.6 is 0 Å². The molecule has 0 radical (unpaired) electrons. The first-order valence-corrected chi connectivity index (χ1v) is 6.23. The van der Waals surface area contributed by atoms with Crippen molar-refractivity contribution in [1.29, 1.82) is 0 Å². The van der Waals surface area contributed by atoms with Crippen molar-refractivity contribution in [3.05, 3.63) is 88.6 Å². The predicted octanol–water partition coefficient (Wildman–Crippen LogP) is 2.76. The third kappa shape index (κ3) is 2.36. The van der Waals surface area contributed by atoms with Gasteiger partial charge in [-0.2, -0.15) is 0 Å². The molecule has 0 atom stereocenters. The lowest BCUT2D eigenvalue weighted by molar-refractivity contribution is 0.914. The molecule has 1 N–H and O–H groups in total. The molecule has 3 nitrogen and oxygen atoms in total. The number of rotatable bonds is 3. The fourth-order valence-electron chi connectivity index (χ4n) is 2.20. The molecule has 19 heavy (non-hydrogen) atoms. The van der Waals surface area contributed by atoms with Crippen LogP contribution in [0.15, 0.2) is 71.7 Å². The van der Waals surface area contributed by atoms with Crippen molar-refractivity contribution in [2.45, 2.75) is 6.42 Å². The van der Waals surface area contributed by atoms with Crippen LogP contribution in [-0.2, 0) is 6.42 Å². The zero-order valence-electron chi connectivity index (χ0n) is 10.4. The van der Waals surface area contributed by atoms with Gasteiger partial charge in [0.25, 0.3) is 0 Å². The molecule has 0 saturated heterocycles. The summed E-state index contributed by atoms with van der Waals surface area (Å²) in [7, 11) is 0. The molecule has 0 amide bonds. The number of benzene rings is 2. The first-order valence-electron chi connectivity index (χ1n) is 6.23. The molecule has 0 bridgehead atoms. The van der Waals surface area contributed by atoms with Crippen LogP contribution in [0, 0.1) is 0 Å². The zero-order chi connectivity index (χ0) is 13.1. The molecule has 94 valence electrons. The van der Waals surface area contributed by atoms with E-state index in [4.69, 9.17) is 0 Å². The highest BCUT2D eigenvalue weighted by Gasteiger charge is 2.08. The maximum atomic E-state index is 11.9. The highest BCUT2D eigenvalue weighted by atomic mass is 16.1. The van der Waals surface area contributed by atoms with Crippen LogP contribution in [0.25, 0.3) is 5.69 Å². The topological polar surface area (TPSA) is 37.8 Å². The minimum atomic E-state index is -0.0999. The molecule has 0 spiro atoms. The Morgan fingerprint density at radius 1 is 0.895 bits per heavy atom. The Kier molecular flexibility index (Phi) is 3.02. The van der Waals surface area contributed by atoms with Crippen molar-refractivity contribution in [3.8, 4) is 5.69 Å². The van der Waals surface area contributed by atoms with E-state index in [9.17, 15) is 4.79 Å². The quantitative estimate of drug-likeness (QED) is 0.762. The van der Waals surface area contributed by atoms with Gasteiger partial charge in [0.15, 0.2) is 0 Å². The molecular formula is C16H14N2O. The van der Waals surface area contributed by atoms with Gasteiger partial charge in [-0.1, -0.05) is 48.5 Å². The molecular weight excluding hydrogens is 236 g/mol. The van der Waals surface area contributed by atoms with E-state index in [1.54, 1.807) is 10.8 Å². The molecule has 0 aliphatic carbocycles.